The molecule has 30 heavy (non-hydrogen) atoms. The third-order valence-corrected chi connectivity index (χ3v) is 4.79. The SMILES string of the molecule is COC[C@H](C)n1c(C)cc(/C=C(\C#N)C(=O)O[C@H](C)C(=O)c2ccc(F)cc2)c1C. The number of ketones is 1. The molecule has 1 aromatic heterocycles. The number of hydrogen-bond acceptors (Lipinski definition) is 5. The number of nitriles is 1. The molecule has 0 amide bonds. The van der Waals surface area contributed by atoms with Crippen molar-refractivity contribution in [1.29, 1.82) is 5.26 Å². The Balaban J connectivity index is 2.21. The number of aryl methyl sites for hydroxylation is 1. The lowest BCUT2D eigenvalue weighted by molar-refractivity contribution is -0.141. The van der Waals surface area contributed by atoms with Crippen LogP contribution >= 0.6 is 0 Å². The molecule has 0 radical (unpaired) electrons. The van der Waals surface area contributed by atoms with Crippen LogP contribution < -0.4 is 0 Å². The molecule has 0 aliphatic heterocycles. The fourth-order valence-electron chi connectivity index (χ4n) is 3.36. The Morgan fingerprint density at radius 3 is 2.43 bits per heavy atom. The lowest BCUT2D eigenvalue weighted by Gasteiger charge is -2.17. The molecular formula is C23H25FN2O4. The average Bonchev–Trinajstić information content (AvgIpc) is 2.99. The fourth-order valence-corrected chi connectivity index (χ4v) is 3.36. The average molecular weight is 412 g/mol. The summed E-state index contributed by atoms with van der Waals surface area (Å²) in [6.07, 6.45) is 0.337. The minimum absolute atomic E-state index is 0.0861. The smallest absolute Gasteiger partial charge is 0.349 e. The minimum Gasteiger partial charge on any atom is -0.450 e. The highest BCUT2D eigenvalue weighted by Crippen LogP contribution is 2.23. The van der Waals surface area contributed by atoms with Crippen LogP contribution in [0.25, 0.3) is 6.08 Å². The summed E-state index contributed by atoms with van der Waals surface area (Å²) in [6, 6.07) is 8.75. The third-order valence-electron chi connectivity index (χ3n) is 4.79. The van der Waals surface area contributed by atoms with Gasteiger partial charge >= 0.3 is 5.97 Å². The largest absolute Gasteiger partial charge is 0.450 e. The quantitative estimate of drug-likeness (QED) is 0.281. The molecule has 158 valence electrons. The first-order valence-electron chi connectivity index (χ1n) is 9.49. The predicted molar refractivity (Wildman–Crippen MR) is 110 cm³/mol. The van der Waals surface area contributed by atoms with Crippen LogP contribution in [0.2, 0.25) is 0 Å². The van der Waals surface area contributed by atoms with Gasteiger partial charge in [0.15, 0.2) is 6.10 Å². The van der Waals surface area contributed by atoms with Gasteiger partial charge in [-0.2, -0.15) is 5.26 Å². The number of ether oxygens (including phenoxy) is 2. The molecule has 2 atom stereocenters. The molecule has 0 aliphatic rings. The highest BCUT2D eigenvalue weighted by molar-refractivity contribution is 6.03. The second kappa shape index (κ2) is 9.99. The van der Waals surface area contributed by atoms with Gasteiger partial charge in [0, 0.05) is 24.1 Å². The van der Waals surface area contributed by atoms with Crippen molar-refractivity contribution in [1.82, 2.24) is 4.57 Å². The number of hydrogen-bond donors (Lipinski definition) is 0. The summed E-state index contributed by atoms with van der Waals surface area (Å²) < 4.78 is 25.5. The Morgan fingerprint density at radius 1 is 1.23 bits per heavy atom. The number of esters is 1. The Morgan fingerprint density at radius 2 is 1.87 bits per heavy atom. The molecular weight excluding hydrogens is 387 g/mol. The van der Waals surface area contributed by atoms with Crippen molar-refractivity contribution in [3.8, 4) is 6.07 Å². The topological polar surface area (TPSA) is 81.3 Å². The van der Waals surface area contributed by atoms with Crippen LogP contribution in [0.3, 0.4) is 0 Å². The maximum atomic E-state index is 13.0. The lowest BCUT2D eigenvalue weighted by atomic mass is 10.1. The van der Waals surface area contributed by atoms with Gasteiger partial charge in [-0.15, -0.1) is 0 Å². The van der Waals surface area contributed by atoms with Gasteiger partial charge in [0.1, 0.15) is 17.5 Å². The van der Waals surface area contributed by atoms with Gasteiger partial charge in [-0.1, -0.05) is 0 Å². The molecule has 6 nitrogen and oxygen atoms in total. The van der Waals surface area contributed by atoms with Crippen molar-refractivity contribution in [2.24, 2.45) is 0 Å². The Bertz CT molecular complexity index is 999. The molecule has 0 N–H and O–H groups in total. The van der Waals surface area contributed by atoms with Crippen molar-refractivity contribution in [3.63, 3.8) is 0 Å². The number of carbonyl (C=O) groups excluding carboxylic acids is 2. The standard InChI is InChI=1S/C23H25FN2O4/c1-14-10-19(16(3)26(14)15(2)13-29-5)11-20(12-25)23(28)30-17(4)22(27)18-6-8-21(24)9-7-18/h6-11,15,17H,13H2,1-5H3/b20-11+/t15-,17+/m0/s1. The second-order valence-corrected chi connectivity index (χ2v) is 7.09. The van der Waals surface area contributed by atoms with Crippen LogP contribution in [-0.2, 0) is 14.3 Å². The van der Waals surface area contributed by atoms with E-state index in [-0.39, 0.29) is 17.2 Å². The summed E-state index contributed by atoms with van der Waals surface area (Å²) in [5, 5.41) is 9.44. The van der Waals surface area contributed by atoms with E-state index < -0.39 is 23.7 Å². The highest BCUT2D eigenvalue weighted by Gasteiger charge is 2.22. The molecule has 0 spiro atoms. The second-order valence-electron chi connectivity index (χ2n) is 7.09. The number of aromatic nitrogens is 1. The zero-order valence-corrected chi connectivity index (χ0v) is 17.7. The van der Waals surface area contributed by atoms with Crippen molar-refractivity contribution < 1.29 is 23.5 Å². The van der Waals surface area contributed by atoms with Crippen molar-refractivity contribution >= 4 is 17.8 Å². The number of nitrogens with zero attached hydrogens (tertiary/aromatic N) is 2. The summed E-state index contributed by atoms with van der Waals surface area (Å²) >= 11 is 0. The van der Waals surface area contributed by atoms with E-state index in [1.54, 1.807) is 7.11 Å². The van der Waals surface area contributed by atoms with Crippen LogP contribution in [0, 0.1) is 31.0 Å². The number of halogens is 1. The number of rotatable bonds is 8. The first kappa shape index (κ1) is 23.0. The highest BCUT2D eigenvalue weighted by atomic mass is 19.1. The minimum atomic E-state index is -1.12. The first-order chi connectivity index (χ1) is 14.2. The van der Waals surface area contributed by atoms with Gasteiger partial charge in [-0.3, -0.25) is 4.79 Å². The van der Waals surface area contributed by atoms with Crippen LogP contribution in [0.5, 0.6) is 0 Å². The van der Waals surface area contributed by atoms with E-state index in [9.17, 15) is 19.2 Å². The van der Waals surface area contributed by atoms with E-state index in [4.69, 9.17) is 9.47 Å². The summed E-state index contributed by atoms with van der Waals surface area (Å²) in [4.78, 5) is 24.8. The van der Waals surface area contributed by atoms with Gasteiger partial charge in [0.25, 0.3) is 0 Å². The maximum absolute atomic E-state index is 13.0. The molecule has 2 aromatic rings. The molecule has 0 saturated heterocycles. The monoisotopic (exact) mass is 412 g/mol. The number of carbonyl (C=O) groups is 2. The molecule has 0 unspecified atom stereocenters. The molecule has 0 saturated carbocycles. The van der Waals surface area contributed by atoms with Gasteiger partial charge in [0.2, 0.25) is 5.78 Å². The molecule has 1 aromatic carbocycles. The molecule has 2 rings (SSSR count). The van der Waals surface area contributed by atoms with Crippen LogP contribution in [0.4, 0.5) is 4.39 Å². The van der Waals surface area contributed by atoms with Gasteiger partial charge in [0.05, 0.1) is 12.6 Å². The number of benzene rings is 1. The maximum Gasteiger partial charge on any atom is 0.349 e. The molecule has 7 heteroatoms. The summed E-state index contributed by atoms with van der Waals surface area (Å²) in [5.41, 5.74) is 2.56. The van der Waals surface area contributed by atoms with E-state index in [2.05, 4.69) is 4.57 Å². The lowest BCUT2D eigenvalue weighted by Crippen LogP contribution is -2.25. The van der Waals surface area contributed by atoms with E-state index in [0.717, 1.165) is 23.5 Å². The summed E-state index contributed by atoms with van der Waals surface area (Å²) in [6.45, 7) is 7.78. The van der Waals surface area contributed by atoms with Gasteiger partial charge in [-0.05, 0) is 69.7 Å². The summed E-state index contributed by atoms with van der Waals surface area (Å²) in [7, 11) is 1.63. The Hall–Kier alpha value is -3.24. The number of methoxy groups -OCH3 is 1. The first-order valence-corrected chi connectivity index (χ1v) is 9.49. The Labute approximate surface area is 175 Å². The summed E-state index contributed by atoms with van der Waals surface area (Å²) in [5.74, 6) is -1.84. The van der Waals surface area contributed by atoms with Gasteiger partial charge < -0.3 is 14.0 Å². The number of Topliss-reactive ketones (excluding diaryl/α,β-unsaturated/α-hetero) is 1. The van der Waals surface area contributed by atoms with Crippen LogP contribution in [0.1, 0.15) is 47.2 Å². The van der Waals surface area contributed by atoms with Crippen molar-refractivity contribution in [2.45, 2.75) is 39.8 Å². The van der Waals surface area contributed by atoms with Crippen LogP contribution in [-0.4, -0.2) is 36.1 Å². The van der Waals surface area contributed by atoms with Crippen molar-refractivity contribution in [2.75, 3.05) is 13.7 Å². The van der Waals surface area contributed by atoms with Crippen molar-refractivity contribution in [3.05, 3.63) is 64.2 Å². The van der Waals surface area contributed by atoms with E-state index in [1.807, 2.05) is 32.9 Å². The Kier molecular flexibility index (Phi) is 7.67. The molecule has 1 heterocycles. The zero-order valence-electron chi connectivity index (χ0n) is 17.7. The predicted octanol–water partition coefficient (Wildman–Crippen LogP) is 4.17. The normalized spacial score (nSPS) is 13.4. The van der Waals surface area contributed by atoms with Crippen LogP contribution in [0.15, 0.2) is 35.9 Å². The van der Waals surface area contributed by atoms with Gasteiger partial charge in [-0.25, -0.2) is 9.18 Å². The molecule has 0 bridgehead atoms. The zero-order chi connectivity index (χ0) is 22.4. The fraction of sp³-hybridized carbons (Fsp3) is 0.348. The van der Waals surface area contributed by atoms with E-state index in [1.165, 1.54) is 25.1 Å². The third kappa shape index (κ3) is 5.22. The van der Waals surface area contributed by atoms with E-state index in [0.29, 0.717) is 12.2 Å². The molecule has 0 fully saturated rings. The molecule has 0 aliphatic carbocycles. The van der Waals surface area contributed by atoms with E-state index >= 15 is 0 Å².